The third-order valence-corrected chi connectivity index (χ3v) is 2.83. The summed E-state index contributed by atoms with van der Waals surface area (Å²) in [5.74, 6) is -11.5. The maximum Gasteiger partial charge on any atom is 0.459 e. The lowest BCUT2D eigenvalue weighted by Gasteiger charge is -2.27. The summed E-state index contributed by atoms with van der Waals surface area (Å²) in [7, 11) is 0. The molecule has 2 nitrogen and oxygen atoms in total. The Hall–Kier alpha value is -1.49. The Kier molecular flexibility index (Phi) is 5.26. The number of hydrogen-bond acceptors (Lipinski definition) is 0. The Morgan fingerprint density at radius 3 is 1.91 bits per heavy atom. The second-order valence-electron chi connectivity index (χ2n) is 4.82. The van der Waals surface area contributed by atoms with Crippen LogP contribution in [-0.4, -0.2) is 28.8 Å². The average molecular weight is 361 g/mol. The zero-order valence-corrected chi connectivity index (χ0v) is 11.2. The first-order valence-corrected chi connectivity index (χ1v) is 6.10. The number of imidazole rings is 1. The van der Waals surface area contributed by atoms with Crippen LogP contribution in [-0.2, 0) is 13.1 Å². The van der Waals surface area contributed by atoms with Crippen molar-refractivity contribution >= 4 is 0 Å². The molecular formula is C11H11F10N2+. The minimum absolute atomic E-state index is 0.436. The second kappa shape index (κ2) is 6.19. The lowest BCUT2D eigenvalue weighted by atomic mass is 10.1. The van der Waals surface area contributed by atoms with E-state index in [9.17, 15) is 43.9 Å². The summed E-state index contributed by atoms with van der Waals surface area (Å²) in [5, 5.41) is 0. The van der Waals surface area contributed by atoms with Gasteiger partial charge in [-0.05, 0) is 6.42 Å². The van der Waals surface area contributed by atoms with Crippen molar-refractivity contribution in [2.75, 3.05) is 0 Å². The Morgan fingerprint density at radius 2 is 1.43 bits per heavy atom. The van der Waals surface area contributed by atoms with Gasteiger partial charge in [0.25, 0.3) is 0 Å². The summed E-state index contributed by atoms with van der Waals surface area (Å²) in [6.45, 7) is -1.78. The molecule has 0 aliphatic heterocycles. The van der Waals surface area contributed by atoms with Gasteiger partial charge < -0.3 is 0 Å². The van der Waals surface area contributed by atoms with Gasteiger partial charge in [-0.3, -0.25) is 0 Å². The lowest BCUT2D eigenvalue weighted by Crippen LogP contribution is -2.51. The molecule has 1 rings (SSSR count). The molecular weight excluding hydrogens is 350 g/mol. The SMILES string of the molecule is FC(F)(F)C[n+]1ccn(CCCC(F)(F)C(F)(F)C(F)(F)F)c1. The summed E-state index contributed by atoms with van der Waals surface area (Å²) in [4.78, 5) is 0. The van der Waals surface area contributed by atoms with Crippen molar-refractivity contribution in [2.45, 2.75) is 50.1 Å². The van der Waals surface area contributed by atoms with Gasteiger partial charge in [0.1, 0.15) is 12.4 Å². The monoisotopic (exact) mass is 361 g/mol. The van der Waals surface area contributed by atoms with Gasteiger partial charge in [-0.1, -0.05) is 0 Å². The van der Waals surface area contributed by atoms with E-state index in [1.54, 1.807) is 0 Å². The Bertz CT molecular complexity index is 514. The zero-order valence-electron chi connectivity index (χ0n) is 11.2. The zero-order chi connectivity index (χ0) is 18.1. The molecule has 1 aromatic rings. The summed E-state index contributed by atoms with van der Waals surface area (Å²) in [5.41, 5.74) is 0. The average Bonchev–Trinajstić information content (AvgIpc) is 2.72. The molecule has 0 bridgehead atoms. The van der Waals surface area contributed by atoms with Gasteiger partial charge >= 0.3 is 24.2 Å². The second-order valence-corrected chi connectivity index (χ2v) is 4.82. The molecule has 0 N–H and O–H groups in total. The van der Waals surface area contributed by atoms with E-state index < -0.39 is 50.1 Å². The highest BCUT2D eigenvalue weighted by atomic mass is 19.4. The molecule has 0 unspecified atom stereocenters. The smallest absolute Gasteiger partial charge is 0.237 e. The van der Waals surface area contributed by atoms with E-state index in [1.165, 1.54) is 0 Å². The molecule has 0 saturated heterocycles. The van der Waals surface area contributed by atoms with E-state index in [4.69, 9.17) is 0 Å². The van der Waals surface area contributed by atoms with Crippen LogP contribution in [0.15, 0.2) is 18.7 Å². The molecule has 23 heavy (non-hydrogen) atoms. The van der Waals surface area contributed by atoms with Gasteiger partial charge in [0.15, 0.2) is 6.54 Å². The summed E-state index contributed by atoms with van der Waals surface area (Å²) in [6, 6.07) is 0. The molecule has 0 radical (unpaired) electrons. The van der Waals surface area contributed by atoms with E-state index in [2.05, 4.69) is 0 Å². The summed E-state index contributed by atoms with van der Waals surface area (Å²) < 4.78 is 125. The Balaban J connectivity index is 2.60. The van der Waals surface area contributed by atoms with Crippen LogP contribution in [0.4, 0.5) is 43.9 Å². The van der Waals surface area contributed by atoms with Crippen LogP contribution in [0, 0.1) is 0 Å². The first-order chi connectivity index (χ1) is 10.2. The van der Waals surface area contributed by atoms with Crippen molar-refractivity contribution in [3.63, 3.8) is 0 Å². The van der Waals surface area contributed by atoms with E-state index in [-0.39, 0.29) is 0 Å². The fourth-order valence-electron chi connectivity index (χ4n) is 1.72. The topological polar surface area (TPSA) is 8.81 Å². The van der Waals surface area contributed by atoms with Gasteiger partial charge in [-0.2, -0.15) is 43.9 Å². The fraction of sp³-hybridized carbons (Fsp3) is 0.727. The van der Waals surface area contributed by atoms with E-state index in [0.29, 0.717) is 4.57 Å². The predicted octanol–water partition coefficient (Wildman–Crippen LogP) is 3.95. The van der Waals surface area contributed by atoms with E-state index in [1.807, 2.05) is 0 Å². The first kappa shape index (κ1) is 19.6. The van der Waals surface area contributed by atoms with Crippen molar-refractivity contribution in [1.82, 2.24) is 4.57 Å². The van der Waals surface area contributed by atoms with Crippen molar-refractivity contribution in [3.05, 3.63) is 18.7 Å². The highest BCUT2D eigenvalue weighted by Gasteiger charge is 2.72. The molecule has 0 amide bonds. The summed E-state index contributed by atoms with van der Waals surface area (Å²) in [6.07, 6.45) is -10.5. The van der Waals surface area contributed by atoms with E-state index >= 15 is 0 Å². The standard InChI is InChI=1S/C11H11F10N2/c12-8(13,10(17,18)11(19,20)21)2-1-3-22-4-5-23(7-22)6-9(14,15)16/h4-5,7H,1-3,6H2/q+1. The number of aryl methyl sites for hydroxylation is 1. The van der Waals surface area contributed by atoms with Crippen LogP contribution in [0.5, 0.6) is 0 Å². The van der Waals surface area contributed by atoms with Gasteiger partial charge in [-0.25, -0.2) is 9.13 Å². The minimum Gasteiger partial charge on any atom is -0.237 e. The molecule has 12 heteroatoms. The predicted molar refractivity (Wildman–Crippen MR) is 55.9 cm³/mol. The van der Waals surface area contributed by atoms with Crippen LogP contribution in [0.3, 0.4) is 0 Å². The molecule has 0 fully saturated rings. The number of hydrogen-bond donors (Lipinski definition) is 0. The number of aromatic nitrogens is 2. The molecule has 0 aromatic carbocycles. The van der Waals surface area contributed by atoms with Gasteiger partial charge in [0, 0.05) is 6.42 Å². The molecule has 134 valence electrons. The van der Waals surface area contributed by atoms with Gasteiger partial charge in [0.2, 0.25) is 6.33 Å². The van der Waals surface area contributed by atoms with Gasteiger partial charge in [0.05, 0.1) is 6.54 Å². The first-order valence-electron chi connectivity index (χ1n) is 6.10. The number of halogens is 10. The number of rotatable bonds is 6. The van der Waals surface area contributed by atoms with Crippen LogP contribution in [0.2, 0.25) is 0 Å². The highest BCUT2D eigenvalue weighted by Crippen LogP contribution is 2.48. The molecule has 0 aliphatic rings. The van der Waals surface area contributed by atoms with Crippen LogP contribution >= 0.6 is 0 Å². The number of alkyl halides is 10. The molecule has 0 spiro atoms. The third kappa shape index (κ3) is 4.99. The summed E-state index contributed by atoms with van der Waals surface area (Å²) >= 11 is 0. The van der Waals surface area contributed by atoms with Crippen LogP contribution < -0.4 is 4.57 Å². The third-order valence-electron chi connectivity index (χ3n) is 2.83. The molecule has 0 aliphatic carbocycles. The fourth-order valence-corrected chi connectivity index (χ4v) is 1.72. The molecule has 0 saturated carbocycles. The number of nitrogens with zero attached hydrogens (tertiary/aromatic N) is 2. The van der Waals surface area contributed by atoms with Crippen molar-refractivity contribution < 1.29 is 48.5 Å². The Morgan fingerprint density at radius 1 is 0.870 bits per heavy atom. The largest absolute Gasteiger partial charge is 0.459 e. The van der Waals surface area contributed by atoms with Crippen LogP contribution in [0.1, 0.15) is 12.8 Å². The molecule has 1 aromatic heterocycles. The van der Waals surface area contributed by atoms with Crippen molar-refractivity contribution in [3.8, 4) is 0 Å². The molecule has 0 atom stereocenters. The van der Waals surface area contributed by atoms with Crippen molar-refractivity contribution in [1.29, 1.82) is 0 Å². The highest BCUT2D eigenvalue weighted by molar-refractivity contribution is 4.90. The van der Waals surface area contributed by atoms with Crippen molar-refractivity contribution in [2.24, 2.45) is 0 Å². The quantitative estimate of drug-likeness (QED) is 0.536. The minimum atomic E-state index is -6.39. The maximum absolute atomic E-state index is 13.0. The maximum atomic E-state index is 13.0. The molecule has 1 heterocycles. The van der Waals surface area contributed by atoms with Crippen LogP contribution in [0.25, 0.3) is 0 Å². The Labute approximate surface area is 123 Å². The normalized spacial score (nSPS) is 14.3. The lowest BCUT2D eigenvalue weighted by molar-refractivity contribution is -0.718. The van der Waals surface area contributed by atoms with E-state index in [0.717, 1.165) is 23.3 Å². The van der Waals surface area contributed by atoms with Gasteiger partial charge in [-0.15, -0.1) is 0 Å².